The third-order valence-electron chi connectivity index (χ3n) is 5.20. The van der Waals surface area contributed by atoms with Crippen LogP contribution in [0.5, 0.6) is 0 Å². The summed E-state index contributed by atoms with van der Waals surface area (Å²) < 4.78 is 40.9. The van der Waals surface area contributed by atoms with Crippen molar-refractivity contribution in [2.24, 2.45) is 5.73 Å². The molecule has 176 valence electrons. The van der Waals surface area contributed by atoms with E-state index >= 15 is 0 Å². The molecule has 0 aliphatic carbocycles. The molecule has 4 rings (SSSR count). The van der Waals surface area contributed by atoms with E-state index in [9.17, 15) is 23.1 Å². The lowest BCUT2D eigenvalue weighted by Gasteiger charge is -2.21. The van der Waals surface area contributed by atoms with E-state index in [1.165, 1.54) is 23.0 Å². The van der Waals surface area contributed by atoms with Crippen LogP contribution < -0.4 is 16.4 Å². The van der Waals surface area contributed by atoms with Crippen molar-refractivity contribution in [2.75, 3.05) is 10.6 Å². The average molecular weight is 471 g/mol. The minimum atomic E-state index is -4.61. The molecule has 0 atom stereocenters. The number of benzene rings is 1. The molecule has 2 amide bonds. The van der Waals surface area contributed by atoms with E-state index in [0.29, 0.717) is 22.2 Å². The molecule has 0 aliphatic rings. The predicted octanol–water partition coefficient (Wildman–Crippen LogP) is 3.84. The third kappa shape index (κ3) is 4.10. The molecule has 1 aromatic carbocycles. The molecule has 34 heavy (non-hydrogen) atoms. The van der Waals surface area contributed by atoms with Crippen LogP contribution in [0.2, 0.25) is 0 Å². The SMILES string of the molecule is CC(C)(O)c1cn2ncnc(N)c2c1-c1ccc(N(C(N)=O)c2cc(C(F)(F)F)ccn2)cc1. The first kappa shape index (κ1) is 23.0. The van der Waals surface area contributed by atoms with E-state index in [1.807, 2.05) is 0 Å². The Balaban J connectivity index is 1.83. The summed E-state index contributed by atoms with van der Waals surface area (Å²) in [6, 6.07) is 6.77. The van der Waals surface area contributed by atoms with Crippen molar-refractivity contribution in [3.05, 3.63) is 66.2 Å². The van der Waals surface area contributed by atoms with Gasteiger partial charge in [-0.3, -0.25) is 0 Å². The summed E-state index contributed by atoms with van der Waals surface area (Å²) in [6.45, 7) is 3.22. The molecular formula is C22H20F3N7O2. The Morgan fingerprint density at radius 2 is 1.79 bits per heavy atom. The number of aliphatic hydroxyl groups is 1. The number of aromatic nitrogens is 4. The first-order valence-corrected chi connectivity index (χ1v) is 9.96. The summed E-state index contributed by atoms with van der Waals surface area (Å²) in [7, 11) is 0. The zero-order valence-electron chi connectivity index (χ0n) is 18.1. The maximum absolute atomic E-state index is 13.1. The number of amides is 2. The number of fused-ring (bicyclic) bond motifs is 1. The summed E-state index contributed by atoms with van der Waals surface area (Å²) >= 11 is 0. The normalized spacial score (nSPS) is 12.2. The van der Waals surface area contributed by atoms with Crippen molar-refractivity contribution in [1.82, 2.24) is 19.6 Å². The van der Waals surface area contributed by atoms with E-state index in [-0.39, 0.29) is 17.3 Å². The highest BCUT2D eigenvalue weighted by Gasteiger charge is 2.32. The molecule has 0 fully saturated rings. The van der Waals surface area contributed by atoms with Crippen molar-refractivity contribution in [3.63, 3.8) is 0 Å². The fourth-order valence-electron chi connectivity index (χ4n) is 3.66. The number of alkyl halides is 3. The monoisotopic (exact) mass is 471 g/mol. The molecule has 0 unspecified atom stereocenters. The molecule has 3 aromatic heterocycles. The van der Waals surface area contributed by atoms with Gasteiger partial charge in [-0.15, -0.1) is 0 Å². The van der Waals surface area contributed by atoms with Crippen molar-refractivity contribution >= 4 is 28.9 Å². The Bertz CT molecular complexity index is 1380. The number of hydrogen-bond acceptors (Lipinski definition) is 6. The third-order valence-corrected chi connectivity index (χ3v) is 5.20. The summed E-state index contributed by atoms with van der Waals surface area (Å²) in [6.07, 6.45) is -0.736. The Morgan fingerprint density at radius 3 is 2.38 bits per heavy atom. The van der Waals surface area contributed by atoms with E-state index in [2.05, 4.69) is 15.1 Å². The lowest BCUT2D eigenvalue weighted by molar-refractivity contribution is -0.137. The number of halogens is 3. The molecular weight excluding hydrogens is 451 g/mol. The average Bonchev–Trinajstić information content (AvgIpc) is 3.15. The minimum Gasteiger partial charge on any atom is -0.386 e. The summed E-state index contributed by atoms with van der Waals surface area (Å²) in [5.41, 5.74) is 11.7. The smallest absolute Gasteiger partial charge is 0.386 e. The number of carbonyl (C=O) groups excluding carboxylic acids is 1. The van der Waals surface area contributed by atoms with Crippen LogP contribution in [0.4, 0.5) is 35.3 Å². The predicted molar refractivity (Wildman–Crippen MR) is 119 cm³/mol. The highest BCUT2D eigenvalue weighted by Crippen LogP contribution is 2.39. The van der Waals surface area contributed by atoms with Crippen molar-refractivity contribution in [1.29, 1.82) is 0 Å². The van der Waals surface area contributed by atoms with Crippen molar-refractivity contribution < 1.29 is 23.1 Å². The van der Waals surface area contributed by atoms with Gasteiger partial charge in [0.15, 0.2) is 5.82 Å². The fourth-order valence-corrected chi connectivity index (χ4v) is 3.66. The lowest BCUT2D eigenvalue weighted by atomic mass is 9.92. The summed E-state index contributed by atoms with van der Waals surface area (Å²) in [5, 5.41) is 14.9. The molecule has 9 nitrogen and oxygen atoms in total. The van der Waals surface area contributed by atoms with E-state index < -0.39 is 23.4 Å². The van der Waals surface area contributed by atoms with Gasteiger partial charge in [0.05, 0.1) is 16.9 Å². The van der Waals surface area contributed by atoms with Crippen LogP contribution >= 0.6 is 0 Å². The van der Waals surface area contributed by atoms with Gasteiger partial charge in [-0.05, 0) is 43.7 Å². The highest BCUT2D eigenvalue weighted by atomic mass is 19.4. The lowest BCUT2D eigenvalue weighted by Crippen LogP contribution is -2.32. The van der Waals surface area contributed by atoms with Gasteiger partial charge in [-0.2, -0.15) is 18.3 Å². The number of nitrogens with zero attached hydrogens (tertiary/aromatic N) is 5. The second-order valence-corrected chi connectivity index (χ2v) is 8.04. The topological polar surface area (TPSA) is 136 Å². The van der Waals surface area contributed by atoms with Crippen LogP contribution in [0.1, 0.15) is 25.0 Å². The molecule has 3 heterocycles. The van der Waals surface area contributed by atoms with Gasteiger partial charge in [0, 0.05) is 23.5 Å². The number of carbonyl (C=O) groups is 1. The number of primary amides is 1. The first-order valence-electron chi connectivity index (χ1n) is 9.96. The van der Waals surface area contributed by atoms with Crippen LogP contribution in [0, 0.1) is 0 Å². The van der Waals surface area contributed by atoms with Crippen LogP contribution in [0.15, 0.2) is 55.1 Å². The Hall–Kier alpha value is -4.19. The molecule has 0 aliphatic heterocycles. The largest absolute Gasteiger partial charge is 0.416 e. The zero-order chi connectivity index (χ0) is 24.8. The molecule has 0 saturated carbocycles. The second-order valence-electron chi connectivity index (χ2n) is 8.04. The second kappa shape index (κ2) is 7.99. The molecule has 0 spiro atoms. The summed E-state index contributed by atoms with van der Waals surface area (Å²) in [4.78, 5) is 20.9. The number of anilines is 3. The fraction of sp³-hybridized carbons (Fsp3) is 0.182. The van der Waals surface area contributed by atoms with Gasteiger partial charge in [-0.25, -0.2) is 24.2 Å². The first-order chi connectivity index (χ1) is 15.9. The summed E-state index contributed by atoms with van der Waals surface area (Å²) in [5.74, 6) is -0.0873. The van der Waals surface area contributed by atoms with E-state index in [4.69, 9.17) is 11.5 Å². The van der Waals surface area contributed by atoms with Gasteiger partial charge in [0.2, 0.25) is 0 Å². The number of nitrogen functional groups attached to an aromatic ring is 1. The van der Waals surface area contributed by atoms with Gasteiger partial charge in [0.25, 0.3) is 0 Å². The van der Waals surface area contributed by atoms with Crippen LogP contribution in [-0.2, 0) is 11.8 Å². The van der Waals surface area contributed by atoms with Crippen molar-refractivity contribution in [2.45, 2.75) is 25.6 Å². The number of rotatable bonds is 4. The Kier molecular flexibility index (Phi) is 5.40. The number of urea groups is 1. The maximum Gasteiger partial charge on any atom is 0.416 e. The van der Waals surface area contributed by atoms with Crippen LogP contribution in [0.3, 0.4) is 0 Å². The van der Waals surface area contributed by atoms with Gasteiger partial charge >= 0.3 is 12.2 Å². The van der Waals surface area contributed by atoms with Crippen LogP contribution in [-0.4, -0.2) is 30.7 Å². The quantitative estimate of drug-likeness (QED) is 0.414. The van der Waals surface area contributed by atoms with Gasteiger partial charge in [0.1, 0.15) is 17.7 Å². The number of pyridine rings is 1. The number of hydrogen-bond donors (Lipinski definition) is 3. The van der Waals surface area contributed by atoms with E-state index in [1.54, 1.807) is 32.2 Å². The molecule has 0 saturated heterocycles. The molecule has 0 bridgehead atoms. The Morgan fingerprint density at radius 1 is 1.12 bits per heavy atom. The zero-order valence-corrected chi connectivity index (χ0v) is 18.1. The van der Waals surface area contributed by atoms with Crippen LogP contribution in [0.25, 0.3) is 16.6 Å². The standard InChI is InChI=1S/C22H20F3N7O2/c1-21(2,34)15-10-31-18(19(26)29-11-30-31)17(15)12-3-5-14(6-4-12)32(20(27)33)16-9-13(7-8-28-16)22(23,24)25/h3-11,34H,1-2H3,(H2,27,33)(H2,26,29,30). The molecule has 4 aromatic rings. The molecule has 0 radical (unpaired) electrons. The highest BCUT2D eigenvalue weighted by molar-refractivity contribution is 5.98. The molecule has 12 heteroatoms. The van der Waals surface area contributed by atoms with E-state index in [0.717, 1.165) is 23.2 Å². The molecule has 5 N–H and O–H groups in total. The minimum absolute atomic E-state index is 0.191. The van der Waals surface area contributed by atoms with Crippen molar-refractivity contribution in [3.8, 4) is 11.1 Å². The van der Waals surface area contributed by atoms with Gasteiger partial charge in [-0.1, -0.05) is 12.1 Å². The van der Waals surface area contributed by atoms with Gasteiger partial charge < -0.3 is 16.6 Å². The Labute approximate surface area is 191 Å². The number of nitrogens with two attached hydrogens (primary N) is 2. The maximum atomic E-state index is 13.1.